The smallest absolute Gasteiger partial charge is 0.317 e. The molecule has 6 heteroatoms. The van der Waals surface area contributed by atoms with Gasteiger partial charge in [0.2, 0.25) is 0 Å². The van der Waals surface area contributed by atoms with Gasteiger partial charge in [0.1, 0.15) is 11.4 Å². The molecule has 0 atom stereocenters. The number of aromatic nitrogens is 2. The molecule has 0 saturated carbocycles. The molecule has 1 saturated heterocycles. The van der Waals surface area contributed by atoms with E-state index in [1.54, 1.807) is 0 Å². The topological polar surface area (TPSA) is 59.4 Å². The van der Waals surface area contributed by atoms with Crippen molar-refractivity contribution in [1.82, 2.24) is 20.0 Å². The van der Waals surface area contributed by atoms with Crippen molar-refractivity contribution in [3.05, 3.63) is 52.9 Å². The number of nitrogens with one attached hydrogen (secondary N) is 1. The first-order valence-corrected chi connectivity index (χ1v) is 10.7. The zero-order chi connectivity index (χ0) is 19.8. The van der Waals surface area contributed by atoms with Gasteiger partial charge in [-0.1, -0.05) is 24.3 Å². The zero-order valence-corrected chi connectivity index (χ0v) is 17.0. The maximum atomic E-state index is 12.8. The molecule has 152 valence electrons. The van der Waals surface area contributed by atoms with E-state index in [1.165, 1.54) is 24.1 Å². The number of para-hydroxylation sites is 1. The van der Waals surface area contributed by atoms with E-state index in [0.29, 0.717) is 19.6 Å². The minimum Gasteiger partial charge on any atom is -0.482 e. The molecular formula is C23H28N4O2. The Kier molecular flexibility index (Phi) is 4.57. The van der Waals surface area contributed by atoms with Crippen molar-refractivity contribution in [1.29, 1.82) is 0 Å². The van der Waals surface area contributed by atoms with E-state index in [1.807, 2.05) is 34.8 Å². The summed E-state index contributed by atoms with van der Waals surface area (Å²) in [4.78, 5) is 14.7. The van der Waals surface area contributed by atoms with E-state index in [2.05, 4.69) is 28.6 Å². The Labute approximate surface area is 171 Å². The third-order valence-corrected chi connectivity index (χ3v) is 6.55. The lowest BCUT2D eigenvalue weighted by Gasteiger charge is -2.41. The number of ether oxygens (including phenoxy) is 1. The zero-order valence-electron chi connectivity index (χ0n) is 17.0. The van der Waals surface area contributed by atoms with Crippen molar-refractivity contribution in [2.24, 2.45) is 7.05 Å². The van der Waals surface area contributed by atoms with Crippen molar-refractivity contribution in [2.75, 3.05) is 13.1 Å². The van der Waals surface area contributed by atoms with Crippen LogP contribution in [-0.4, -0.2) is 39.4 Å². The molecule has 1 aromatic heterocycles. The van der Waals surface area contributed by atoms with E-state index >= 15 is 0 Å². The minimum atomic E-state index is -0.285. The lowest BCUT2D eigenvalue weighted by Crippen LogP contribution is -2.51. The van der Waals surface area contributed by atoms with Crippen LogP contribution in [0.4, 0.5) is 4.79 Å². The molecule has 1 fully saturated rings. The molecule has 1 N–H and O–H groups in total. The molecule has 1 aromatic carbocycles. The Balaban J connectivity index is 1.19. The summed E-state index contributed by atoms with van der Waals surface area (Å²) in [5.41, 5.74) is 4.54. The van der Waals surface area contributed by atoms with Gasteiger partial charge in [0.25, 0.3) is 0 Å². The van der Waals surface area contributed by atoms with Crippen LogP contribution < -0.4 is 10.1 Å². The monoisotopic (exact) mass is 392 g/mol. The summed E-state index contributed by atoms with van der Waals surface area (Å²) in [6.07, 6.45) is 10.5. The molecular weight excluding hydrogens is 364 g/mol. The van der Waals surface area contributed by atoms with Crippen LogP contribution in [0.1, 0.15) is 48.2 Å². The average molecular weight is 393 g/mol. The van der Waals surface area contributed by atoms with Crippen molar-refractivity contribution in [2.45, 2.75) is 50.7 Å². The molecule has 0 radical (unpaired) electrons. The number of likely N-dealkylation sites (tertiary alicyclic amines) is 1. The van der Waals surface area contributed by atoms with Crippen molar-refractivity contribution >= 4 is 12.1 Å². The van der Waals surface area contributed by atoms with Crippen LogP contribution in [-0.2, 0) is 26.4 Å². The van der Waals surface area contributed by atoms with Gasteiger partial charge in [-0.15, -0.1) is 0 Å². The number of benzene rings is 1. The minimum absolute atomic E-state index is 0.00537. The van der Waals surface area contributed by atoms with Gasteiger partial charge in [0.05, 0.1) is 17.9 Å². The summed E-state index contributed by atoms with van der Waals surface area (Å²) in [5.74, 6) is 0.939. The Bertz CT molecular complexity index is 954. The van der Waals surface area contributed by atoms with Crippen LogP contribution in [0.5, 0.6) is 5.75 Å². The Morgan fingerprint density at radius 2 is 2.00 bits per heavy atom. The Morgan fingerprint density at radius 3 is 2.86 bits per heavy atom. The Hall–Kier alpha value is -2.76. The summed E-state index contributed by atoms with van der Waals surface area (Å²) in [5, 5.41) is 7.76. The number of aryl methyl sites for hydroxylation is 2. The van der Waals surface area contributed by atoms with Gasteiger partial charge in [-0.2, -0.15) is 5.10 Å². The molecule has 3 heterocycles. The molecule has 6 nitrogen and oxygen atoms in total. The largest absolute Gasteiger partial charge is 0.482 e. The van der Waals surface area contributed by atoms with Crippen LogP contribution >= 0.6 is 0 Å². The molecule has 2 amide bonds. The number of carbonyl (C=O) groups excluding carboxylic acids is 1. The molecule has 0 unspecified atom stereocenters. The van der Waals surface area contributed by atoms with Gasteiger partial charge in [-0.25, -0.2) is 4.79 Å². The predicted octanol–water partition coefficient (Wildman–Crippen LogP) is 3.45. The second-order valence-electron chi connectivity index (χ2n) is 8.39. The van der Waals surface area contributed by atoms with E-state index in [4.69, 9.17) is 4.74 Å². The number of nitrogens with zero attached hydrogens (tertiary/aromatic N) is 3. The molecule has 2 aromatic rings. The standard InChI is InChI=1S/C23H28N4O2/c1-26-20(18-7-3-4-8-19(18)25-26)16-24-22(28)27-14-12-23(13-15-27)11-10-17-6-2-5-9-21(17)29-23/h2,5-6,9-11H,3-4,7-8,12-16H2,1H3,(H,24,28). The summed E-state index contributed by atoms with van der Waals surface area (Å²) in [7, 11) is 1.98. The number of piperidine rings is 1. The summed E-state index contributed by atoms with van der Waals surface area (Å²) in [6, 6.07) is 8.13. The fraction of sp³-hybridized carbons (Fsp3) is 0.478. The van der Waals surface area contributed by atoms with Gasteiger partial charge in [0, 0.05) is 38.5 Å². The Morgan fingerprint density at radius 1 is 1.21 bits per heavy atom. The first kappa shape index (κ1) is 18.3. The number of hydrogen-bond donors (Lipinski definition) is 1. The van der Waals surface area contributed by atoms with E-state index in [0.717, 1.165) is 42.7 Å². The quantitative estimate of drug-likeness (QED) is 0.852. The summed E-state index contributed by atoms with van der Waals surface area (Å²) in [6.45, 7) is 1.94. The van der Waals surface area contributed by atoms with Crippen LogP contribution in [0.3, 0.4) is 0 Å². The molecule has 5 rings (SSSR count). The number of fused-ring (bicyclic) bond motifs is 2. The number of rotatable bonds is 2. The molecule has 0 bridgehead atoms. The second-order valence-corrected chi connectivity index (χ2v) is 8.39. The summed E-state index contributed by atoms with van der Waals surface area (Å²) >= 11 is 0. The highest BCUT2D eigenvalue weighted by molar-refractivity contribution is 5.74. The van der Waals surface area contributed by atoms with Crippen molar-refractivity contribution < 1.29 is 9.53 Å². The van der Waals surface area contributed by atoms with Crippen LogP contribution in [0.15, 0.2) is 30.3 Å². The highest BCUT2D eigenvalue weighted by Gasteiger charge is 2.37. The molecule has 1 spiro atoms. The van der Waals surface area contributed by atoms with Gasteiger partial charge >= 0.3 is 6.03 Å². The van der Waals surface area contributed by atoms with E-state index < -0.39 is 0 Å². The molecule has 2 aliphatic heterocycles. The molecule has 3 aliphatic rings. The van der Waals surface area contributed by atoms with Crippen LogP contribution in [0, 0.1) is 0 Å². The van der Waals surface area contributed by atoms with Crippen LogP contribution in [0.2, 0.25) is 0 Å². The first-order valence-electron chi connectivity index (χ1n) is 10.7. The van der Waals surface area contributed by atoms with E-state index in [9.17, 15) is 4.79 Å². The van der Waals surface area contributed by atoms with Gasteiger partial charge in [0.15, 0.2) is 0 Å². The highest BCUT2D eigenvalue weighted by atomic mass is 16.5. The van der Waals surface area contributed by atoms with Crippen molar-refractivity contribution in [3.63, 3.8) is 0 Å². The number of carbonyl (C=O) groups is 1. The number of amides is 2. The van der Waals surface area contributed by atoms with E-state index in [-0.39, 0.29) is 11.6 Å². The third kappa shape index (κ3) is 3.41. The van der Waals surface area contributed by atoms with Crippen molar-refractivity contribution in [3.8, 4) is 5.75 Å². The van der Waals surface area contributed by atoms with Crippen LogP contribution in [0.25, 0.3) is 6.08 Å². The second kappa shape index (κ2) is 7.25. The molecule has 29 heavy (non-hydrogen) atoms. The summed E-state index contributed by atoms with van der Waals surface area (Å²) < 4.78 is 8.27. The molecule has 1 aliphatic carbocycles. The normalized spacial score (nSPS) is 19.4. The maximum absolute atomic E-state index is 12.8. The van der Waals surface area contributed by atoms with Gasteiger partial charge in [-0.05, 0) is 43.4 Å². The lowest BCUT2D eigenvalue weighted by atomic mass is 9.88. The maximum Gasteiger partial charge on any atom is 0.317 e. The number of urea groups is 1. The van der Waals surface area contributed by atoms with Gasteiger partial charge in [-0.3, -0.25) is 4.68 Å². The number of hydrogen-bond acceptors (Lipinski definition) is 3. The average Bonchev–Trinajstić information content (AvgIpc) is 3.07. The first-order chi connectivity index (χ1) is 14.1. The fourth-order valence-electron chi connectivity index (χ4n) is 4.80. The lowest BCUT2D eigenvalue weighted by molar-refractivity contribution is 0.0497. The SMILES string of the molecule is Cn1nc2c(c1CNC(=O)N1CCC3(C=Cc4ccccc4O3)CC1)CCCC2. The highest BCUT2D eigenvalue weighted by Crippen LogP contribution is 2.36. The predicted molar refractivity (Wildman–Crippen MR) is 112 cm³/mol. The van der Waals surface area contributed by atoms with Gasteiger partial charge < -0.3 is 15.0 Å². The third-order valence-electron chi connectivity index (χ3n) is 6.55. The fourth-order valence-corrected chi connectivity index (χ4v) is 4.80.